The summed E-state index contributed by atoms with van der Waals surface area (Å²) in [7, 11) is 1.70. The van der Waals surface area contributed by atoms with E-state index in [1.54, 1.807) is 13.2 Å². The molecule has 1 aliphatic rings. The summed E-state index contributed by atoms with van der Waals surface area (Å²) in [4.78, 5) is 17.3. The van der Waals surface area contributed by atoms with Gasteiger partial charge in [-0.2, -0.15) is 0 Å². The zero-order chi connectivity index (χ0) is 15.2. The molecule has 7 heteroatoms. The van der Waals surface area contributed by atoms with Crippen molar-refractivity contribution in [2.75, 3.05) is 43.6 Å². The van der Waals surface area contributed by atoms with Crippen molar-refractivity contribution in [2.45, 2.75) is 19.8 Å². The lowest BCUT2D eigenvalue weighted by Gasteiger charge is -2.18. The van der Waals surface area contributed by atoms with Gasteiger partial charge in [0, 0.05) is 32.7 Å². The van der Waals surface area contributed by atoms with E-state index in [-0.39, 0.29) is 10.6 Å². The first-order chi connectivity index (χ1) is 10.1. The molecule has 7 nitrogen and oxygen atoms in total. The van der Waals surface area contributed by atoms with Crippen molar-refractivity contribution in [1.82, 2.24) is 4.98 Å². The first kappa shape index (κ1) is 15.5. The van der Waals surface area contributed by atoms with Gasteiger partial charge in [-0.25, -0.2) is 4.98 Å². The van der Waals surface area contributed by atoms with E-state index < -0.39 is 0 Å². The molecule has 1 fully saturated rings. The van der Waals surface area contributed by atoms with E-state index in [0.29, 0.717) is 24.2 Å². The normalized spacial score (nSPS) is 18.0. The second-order valence-electron chi connectivity index (χ2n) is 5.31. The Balaban J connectivity index is 2.17. The molecule has 1 aromatic heterocycles. The van der Waals surface area contributed by atoms with E-state index in [1.165, 1.54) is 6.07 Å². The number of pyridine rings is 1. The van der Waals surface area contributed by atoms with Gasteiger partial charge < -0.3 is 15.0 Å². The lowest BCUT2D eigenvalue weighted by molar-refractivity contribution is -0.384. The van der Waals surface area contributed by atoms with Gasteiger partial charge in [-0.05, 0) is 12.8 Å². The highest BCUT2D eigenvalue weighted by Gasteiger charge is 2.25. The molecule has 0 saturated carbocycles. The average molecular weight is 294 g/mol. The molecule has 1 atom stereocenters. The molecule has 0 amide bonds. The molecular weight excluding hydrogens is 272 g/mol. The lowest BCUT2D eigenvalue weighted by Crippen LogP contribution is -2.22. The third kappa shape index (κ3) is 4.04. The summed E-state index contributed by atoms with van der Waals surface area (Å²) in [6.07, 6.45) is 1.97. The SMILES string of the molecule is CCCNc1cc([N+](=O)[O-])cc(N2CCC(COC)C2)n1. The van der Waals surface area contributed by atoms with Crippen LogP contribution in [0.2, 0.25) is 0 Å². The Morgan fingerprint density at radius 2 is 2.38 bits per heavy atom. The molecule has 1 unspecified atom stereocenters. The first-order valence-electron chi connectivity index (χ1n) is 7.28. The molecule has 0 aliphatic carbocycles. The minimum Gasteiger partial charge on any atom is -0.384 e. The van der Waals surface area contributed by atoms with E-state index in [0.717, 1.165) is 32.5 Å². The number of hydrogen-bond donors (Lipinski definition) is 1. The fourth-order valence-corrected chi connectivity index (χ4v) is 2.53. The Morgan fingerprint density at radius 1 is 1.57 bits per heavy atom. The molecule has 1 saturated heterocycles. The van der Waals surface area contributed by atoms with E-state index in [9.17, 15) is 10.1 Å². The largest absolute Gasteiger partial charge is 0.384 e. The molecule has 1 N–H and O–H groups in total. The standard InChI is InChI=1S/C14H22N4O3/c1-3-5-15-13-7-12(18(19)20)8-14(16-13)17-6-4-11(9-17)10-21-2/h7-8,11H,3-6,9-10H2,1-2H3,(H,15,16). The molecule has 116 valence electrons. The van der Waals surface area contributed by atoms with Gasteiger partial charge in [0.15, 0.2) is 0 Å². The second kappa shape index (κ2) is 7.21. The van der Waals surface area contributed by atoms with Crippen LogP contribution in [0.15, 0.2) is 12.1 Å². The van der Waals surface area contributed by atoms with Crippen LogP contribution in [0.1, 0.15) is 19.8 Å². The van der Waals surface area contributed by atoms with Crippen LogP contribution in [0.25, 0.3) is 0 Å². The third-order valence-corrected chi connectivity index (χ3v) is 3.58. The number of aromatic nitrogens is 1. The summed E-state index contributed by atoms with van der Waals surface area (Å²) in [6, 6.07) is 3.04. The van der Waals surface area contributed by atoms with Gasteiger partial charge in [0.05, 0.1) is 23.7 Å². The fourth-order valence-electron chi connectivity index (χ4n) is 2.53. The van der Waals surface area contributed by atoms with Crippen molar-refractivity contribution < 1.29 is 9.66 Å². The Kier molecular flexibility index (Phi) is 5.32. The average Bonchev–Trinajstić information content (AvgIpc) is 2.94. The number of hydrogen-bond acceptors (Lipinski definition) is 6. The minimum absolute atomic E-state index is 0.0776. The van der Waals surface area contributed by atoms with E-state index in [1.807, 2.05) is 6.92 Å². The Bertz CT molecular complexity index is 495. The maximum atomic E-state index is 11.1. The van der Waals surface area contributed by atoms with E-state index >= 15 is 0 Å². The molecule has 0 spiro atoms. The van der Waals surface area contributed by atoms with Crippen LogP contribution in [0.4, 0.5) is 17.3 Å². The van der Waals surface area contributed by atoms with Gasteiger partial charge in [-0.3, -0.25) is 10.1 Å². The molecule has 0 bridgehead atoms. The first-order valence-corrected chi connectivity index (χ1v) is 7.28. The van der Waals surface area contributed by atoms with Crippen LogP contribution in [0, 0.1) is 16.0 Å². The van der Waals surface area contributed by atoms with Crippen LogP contribution in [0.5, 0.6) is 0 Å². The van der Waals surface area contributed by atoms with Crippen LogP contribution < -0.4 is 10.2 Å². The summed E-state index contributed by atoms with van der Waals surface area (Å²) in [5.41, 5.74) is 0.0776. The summed E-state index contributed by atoms with van der Waals surface area (Å²) in [5.74, 6) is 1.70. The van der Waals surface area contributed by atoms with E-state index in [2.05, 4.69) is 15.2 Å². The predicted molar refractivity (Wildman–Crippen MR) is 81.9 cm³/mol. The summed E-state index contributed by atoms with van der Waals surface area (Å²) in [6.45, 7) is 5.19. The van der Waals surface area contributed by atoms with Gasteiger partial charge in [0.1, 0.15) is 11.6 Å². The Hall–Kier alpha value is -1.89. The monoisotopic (exact) mass is 294 g/mol. The Morgan fingerprint density at radius 3 is 3.05 bits per heavy atom. The summed E-state index contributed by atoms with van der Waals surface area (Å²) in [5, 5.41) is 14.2. The highest BCUT2D eigenvalue weighted by molar-refractivity contribution is 5.56. The van der Waals surface area contributed by atoms with Gasteiger partial charge in [0.2, 0.25) is 0 Å². The Labute approximate surface area is 124 Å². The van der Waals surface area contributed by atoms with Crippen molar-refractivity contribution in [2.24, 2.45) is 5.92 Å². The highest BCUT2D eigenvalue weighted by Crippen LogP contribution is 2.27. The smallest absolute Gasteiger partial charge is 0.276 e. The molecule has 2 heterocycles. The molecule has 1 aliphatic heterocycles. The molecule has 0 radical (unpaired) electrons. The van der Waals surface area contributed by atoms with Crippen LogP contribution in [-0.2, 0) is 4.74 Å². The molecule has 0 aromatic carbocycles. The number of anilines is 2. The topological polar surface area (TPSA) is 80.5 Å². The lowest BCUT2D eigenvalue weighted by atomic mass is 10.1. The van der Waals surface area contributed by atoms with Gasteiger partial charge in [-0.15, -0.1) is 0 Å². The van der Waals surface area contributed by atoms with Gasteiger partial charge >= 0.3 is 0 Å². The minimum atomic E-state index is -0.370. The number of methoxy groups -OCH3 is 1. The van der Waals surface area contributed by atoms with Gasteiger partial charge in [0.25, 0.3) is 5.69 Å². The zero-order valence-corrected chi connectivity index (χ0v) is 12.5. The van der Waals surface area contributed by atoms with Crippen LogP contribution in [-0.4, -0.2) is 43.3 Å². The van der Waals surface area contributed by atoms with Crippen molar-refractivity contribution in [3.05, 3.63) is 22.2 Å². The molecule has 2 rings (SSSR count). The summed E-state index contributed by atoms with van der Waals surface area (Å²) >= 11 is 0. The fraction of sp³-hybridized carbons (Fsp3) is 0.643. The van der Waals surface area contributed by atoms with Crippen LogP contribution >= 0.6 is 0 Å². The van der Waals surface area contributed by atoms with Crippen LogP contribution in [0.3, 0.4) is 0 Å². The predicted octanol–water partition coefficient (Wildman–Crippen LogP) is 2.28. The van der Waals surface area contributed by atoms with Crippen molar-refractivity contribution >= 4 is 17.3 Å². The number of nitrogens with zero attached hydrogens (tertiary/aromatic N) is 3. The molecule has 21 heavy (non-hydrogen) atoms. The van der Waals surface area contributed by atoms with E-state index in [4.69, 9.17) is 4.74 Å². The van der Waals surface area contributed by atoms with Crippen molar-refractivity contribution in [3.8, 4) is 0 Å². The highest BCUT2D eigenvalue weighted by atomic mass is 16.6. The number of nitro groups is 1. The zero-order valence-electron chi connectivity index (χ0n) is 12.5. The van der Waals surface area contributed by atoms with Crippen molar-refractivity contribution in [1.29, 1.82) is 0 Å². The molecule has 1 aromatic rings. The maximum absolute atomic E-state index is 11.1. The number of nitrogens with one attached hydrogen (secondary N) is 1. The quantitative estimate of drug-likeness (QED) is 0.614. The molecular formula is C14H22N4O3. The number of ether oxygens (including phenoxy) is 1. The summed E-state index contributed by atoms with van der Waals surface area (Å²) < 4.78 is 5.18. The van der Waals surface area contributed by atoms with Gasteiger partial charge in [-0.1, -0.05) is 6.92 Å². The maximum Gasteiger partial charge on any atom is 0.276 e. The number of rotatable bonds is 7. The van der Waals surface area contributed by atoms with Crippen molar-refractivity contribution in [3.63, 3.8) is 0 Å². The third-order valence-electron chi connectivity index (χ3n) is 3.58. The second-order valence-corrected chi connectivity index (χ2v) is 5.31.